The highest BCUT2D eigenvalue weighted by Gasteiger charge is 2.32. The van der Waals surface area contributed by atoms with E-state index in [1.165, 1.54) is 44.8 Å². The van der Waals surface area contributed by atoms with E-state index in [0.29, 0.717) is 0 Å². The van der Waals surface area contributed by atoms with Crippen LogP contribution in [0.2, 0.25) is 0 Å². The van der Waals surface area contributed by atoms with Gasteiger partial charge in [-0.15, -0.1) is 0 Å². The van der Waals surface area contributed by atoms with Crippen LogP contribution >= 0.6 is 0 Å². The van der Waals surface area contributed by atoms with Crippen LogP contribution in [0.15, 0.2) is 0 Å². The van der Waals surface area contributed by atoms with Crippen molar-refractivity contribution in [3.8, 4) is 0 Å². The molecular weight excluding hydrogens is 210 g/mol. The zero-order chi connectivity index (χ0) is 12.6. The van der Waals surface area contributed by atoms with Crippen LogP contribution in [-0.2, 0) is 4.79 Å². The Labute approximate surface area is 107 Å². The topological polar surface area (TPSA) is 20.3 Å². The van der Waals surface area contributed by atoms with Gasteiger partial charge >= 0.3 is 0 Å². The van der Waals surface area contributed by atoms with Gasteiger partial charge in [0, 0.05) is 12.0 Å². The SMILES string of the molecule is CCCCN(CC)CC1(C=O)CCCCCC1. The Hall–Kier alpha value is -0.370. The Morgan fingerprint density at radius 1 is 1.12 bits per heavy atom. The summed E-state index contributed by atoms with van der Waals surface area (Å²) < 4.78 is 0. The number of nitrogens with zero attached hydrogens (tertiary/aromatic N) is 1. The van der Waals surface area contributed by atoms with Crippen molar-refractivity contribution >= 4 is 6.29 Å². The molecule has 0 radical (unpaired) electrons. The molecule has 0 bridgehead atoms. The van der Waals surface area contributed by atoms with E-state index in [9.17, 15) is 4.79 Å². The normalized spacial score (nSPS) is 20.2. The van der Waals surface area contributed by atoms with Gasteiger partial charge < -0.3 is 9.69 Å². The monoisotopic (exact) mass is 239 g/mol. The number of carbonyl (C=O) groups is 1. The van der Waals surface area contributed by atoms with Gasteiger partial charge in [0.05, 0.1) is 0 Å². The first-order valence-corrected chi connectivity index (χ1v) is 7.45. The molecule has 0 N–H and O–H groups in total. The molecule has 0 atom stereocenters. The van der Waals surface area contributed by atoms with Crippen LogP contribution < -0.4 is 0 Å². The van der Waals surface area contributed by atoms with Gasteiger partial charge in [-0.05, 0) is 32.4 Å². The first-order valence-electron chi connectivity index (χ1n) is 7.45. The molecule has 1 aliphatic rings. The summed E-state index contributed by atoms with van der Waals surface area (Å²) in [5, 5.41) is 0. The van der Waals surface area contributed by atoms with Gasteiger partial charge in [0.2, 0.25) is 0 Å². The summed E-state index contributed by atoms with van der Waals surface area (Å²) in [5.41, 5.74) is -0.0275. The zero-order valence-electron chi connectivity index (χ0n) is 11.7. The Morgan fingerprint density at radius 3 is 2.24 bits per heavy atom. The van der Waals surface area contributed by atoms with Crippen molar-refractivity contribution in [2.75, 3.05) is 19.6 Å². The summed E-state index contributed by atoms with van der Waals surface area (Å²) in [5.74, 6) is 0. The van der Waals surface area contributed by atoms with E-state index in [4.69, 9.17) is 0 Å². The standard InChI is InChI=1S/C15H29NO/c1-3-5-12-16(4-2)13-15(14-17)10-8-6-7-9-11-15/h14H,3-13H2,1-2H3. The lowest BCUT2D eigenvalue weighted by Crippen LogP contribution is -2.39. The van der Waals surface area contributed by atoms with E-state index < -0.39 is 0 Å². The van der Waals surface area contributed by atoms with E-state index in [1.807, 2.05) is 0 Å². The Morgan fingerprint density at radius 2 is 1.76 bits per heavy atom. The van der Waals surface area contributed by atoms with Crippen LogP contribution in [0.1, 0.15) is 65.2 Å². The summed E-state index contributed by atoms with van der Waals surface area (Å²) >= 11 is 0. The van der Waals surface area contributed by atoms with Gasteiger partial charge in [-0.1, -0.05) is 46.0 Å². The van der Waals surface area contributed by atoms with E-state index >= 15 is 0 Å². The predicted molar refractivity (Wildman–Crippen MR) is 73.2 cm³/mol. The maximum Gasteiger partial charge on any atom is 0.127 e. The third kappa shape index (κ3) is 4.79. The molecule has 17 heavy (non-hydrogen) atoms. The van der Waals surface area contributed by atoms with Crippen molar-refractivity contribution < 1.29 is 4.79 Å². The second-order valence-electron chi connectivity index (χ2n) is 5.62. The van der Waals surface area contributed by atoms with Crippen LogP contribution in [0, 0.1) is 5.41 Å². The fraction of sp³-hybridized carbons (Fsp3) is 0.933. The highest BCUT2D eigenvalue weighted by molar-refractivity contribution is 5.59. The van der Waals surface area contributed by atoms with Gasteiger partial charge in [0.15, 0.2) is 0 Å². The molecule has 0 aromatic carbocycles. The smallest absolute Gasteiger partial charge is 0.127 e. The fourth-order valence-electron chi connectivity index (χ4n) is 2.92. The van der Waals surface area contributed by atoms with E-state index in [1.54, 1.807) is 0 Å². The van der Waals surface area contributed by atoms with Crippen molar-refractivity contribution in [1.82, 2.24) is 4.90 Å². The molecule has 0 unspecified atom stereocenters. The van der Waals surface area contributed by atoms with Gasteiger partial charge in [0.1, 0.15) is 6.29 Å². The first kappa shape index (κ1) is 14.7. The highest BCUT2D eigenvalue weighted by Crippen LogP contribution is 2.34. The van der Waals surface area contributed by atoms with Crippen LogP contribution in [0.3, 0.4) is 0 Å². The average Bonchev–Trinajstić information content (AvgIpc) is 2.60. The lowest BCUT2D eigenvalue weighted by molar-refractivity contribution is -0.118. The molecular formula is C15H29NO. The highest BCUT2D eigenvalue weighted by atomic mass is 16.1. The minimum absolute atomic E-state index is 0.0275. The summed E-state index contributed by atoms with van der Waals surface area (Å²) in [6.45, 7) is 7.67. The Balaban J connectivity index is 2.54. The maximum atomic E-state index is 11.5. The average molecular weight is 239 g/mol. The predicted octanol–water partition coefficient (Wildman–Crippen LogP) is 3.65. The second-order valence-corrected chi connectivity index (χ2v) is 5.62. The van der Waals surface area contributed by atoms with E-state index in [-0.39, 0.29) is 5.41 Å². The molecule has 0 heterocycles. The number of unbranched alkanes of at least 4 members (excludes halogenated alkanes) is 1. The van der Waals surface area contributed by atoms with Crippen molar-refractivity contribution in [2.24, 2.45) is 5.41 Å². The molecule has 1 saturated carbocycles. The van der Waals surface area contributed by atoms with E-state index in [2.05, 4.69) is 18.7 Å². The lowest BCUT2D eigenvalue weighted by Gasteiger charge is -2.33. The maximum absolute atomic E-state index is 11.5. The van der Waals surface area contributed by atoms with Crippen LogP contribution in [0.25, 0.3) is 0 Å². The number of rotatable bonds is 7. The number of carbonyl (C=O) groups excluding carboxylic acids is 1. The van der Waals surface area contributed by atoms with Crippen LogP contribution in [-0.4, -0.2) is 30.8 Å². The molecule has 0 aromatic heterocycles. The third-order valence-corrected chi connectivity index (χ3v) is 4.16. The van der Waals surface area contributed by atoms with Crippen LogP contribution in [0.4, 0.5) is 0 Å². The molecule has 0 spiro atoms. The number of hydrogen-bond donors (Lipinski definition) is 0. The minimum atomic E-state index is -0.0275. The molecule has 0 aromatic rings. The molecule has 2 nitrogen and oxygen atoms in total. The molecule has 0 aliphatic heterocycles. The molecule has 100 valence electrons. The van der Waals surface area contributed by atoms with Crippen molar-refractivity contribution in [2.45, 2.75) is 65.2 Å². The molecule has 1 fully saturated rings. The lowest BCUT2D eigenvalue weighted by atomic mass is 9.81. The summed E-state index contributed by atoms with van der Waals surface area (Å²) in [7, 11) is 0. The van der Waals surface area contributed by atoms with Crippen molar-refractivity contribution in [1.29, 1.82) is 0 Å². The molecule has 0 saturated heterocycles. The van der Waals surface area contributed by atoms with Gasteiger partial charge in [-0.3, -0.25) is 0 Å². The first-order chi connectivity index (χ1) is 8.26. The van der Waals surface area contributed by atoms with Crippen molar-refractivity contribution in [3.63, 3.8) is 0 Å². The van der Waals surface area contributed by atoms with Crippen LogP contribution in [0.5, 0.6) is 0 Å². The summed E-state index contributed by atoms with van der Waals surface area (Å²) in [4.78, 5) is 14.0. The summed E-state index contributed by atoms with van der Waals surface area (Å²) in [6, 6.07) is 0. The van der Waals surface area contributed by atoms with E-state index in [0.717, 1.165) is 32.5 Å². The Bertz CT molecular complexity index is 207. The third-order valence-electron chi connectivity index (χ3n) is 4.16. The molecule has 1 aliphatic carbocycles. The number of hydrogen-bond acceptors (Lipinski definition) is 2. The van der Waals surface area contributed by atoms with Gasteiger partial charge in [0.25, 0.3) is 0 Å². The molecule has 0 amide bonds. The van der Waals surface area contributed by atoms with Gasteiger partial charge in [-0.25, -0.2) is 0 Å². The second kappa shape index (κ2) is 7.86. The Kier molecular flexibility index (Phi) is 6.79. The number of aldehydes is 1. The largest absolute Gasteiger partial charge is 0.303 e. The van der Waals surface area contributed by atoms with Gasteiger partial charge in [-0.2, -0.15) is 0 Å². The van der Waals surface area contributed by atoms with Crippen molar-refractivity contribution in [3.05, 3.63) is 0 Å². The summed E-state index contributed by atoms with van der Waals surface area (Å²) in [6.07, 6.45) is 11.1. The minimum Gasteiger partial charge on any atom is -0.303 e. The fourth-order valence-corrected chi connectivity index (χ4v) is 2.92. The molecule has 2 heteroatoms. The zero-order valence-corrected chi connectivity index (χ0v) is 11.7. The molecule has 1 rings (SSSR count). The quantitative estimate of drug-likeness (QED) is 0.499.